The summed E-state index contributed by atoms with van der Waals surface area (Å²) in [5.41, 5.74) is 7.93. The fourth-order valence-electron chi connectivity index (χ4n) is 1.60. The van der Waals surface area contributed by atoms with E-state index in [1.54, 1.807) is 12.1 Å². The van der Waals surface area contributed by atoms with Gasteiger partial charge in [0.05, 0.1) is 0 Å². The molecule has 2 heteroatoms. The molecule has 0 fully saturated rings. The molecule has 0 radical (unpaired) electrons. The molecular formula is C13H15NO. The zero-order valence-electron chi connectivity index (χ0n) is 8.70. The van der Waals surface area contributed by atoms with Gasteiger partial charge in [0.2, 0.25) is 5.91 Å². The maximum Gasteiger partial charge on any atom is 0.248 e. The van der Waals surface area contributed by atoms with Gasteiger partial charge in [-0.1, -0.05) is 24.3 Å². The van der Waals surface area contributed by atoms with Crippen molar-refractivity contribution in [2.75, 3.05) is 0 Å². The van der Waals surface area contributed by atoms with Crippen molar-refractivity contribution in [3.63, 3.8) is 0 Å². The van der Waals surface area contributed by atoms with E-state index in [1.165, 1.54) is 0 Å². The molecule has 2 nitrogen and oxygen atoms in total. The third kappa shape index (κ3) is 2.56. The Morgan fingerprint density at radius 1 is 1.27 bits per heavy atom. The Morgan fingerprint density at radius 2 is 1.93 bits per heavy atom. The van der Waals surface area contributed by atoms with E-state index in [0.29, 0.717) is 12.0 Å². The van der Waals surface area contributed by atoms with Gasteiger partial charge in [-0.3, -0.25) is 4.79 Å². The first-order valence-corrected chi connectivity index (χ1v) is 4.83. The summed E-state index contributed by atoms with van der Waals surface area (Å²) in [4.78, 5) is 11.2. The predicted molar refractivity (Wildman–Crippen MR) is 62.8 cm³/mol. The minimum Gasteiger partial charge on any atom is -0.366 e. The van der Waals surface area contributed by atoms with Crippen molar-refractivity contribution in [3.8, 4) is 0 Å². The van der Waals surface area contributed by atoms with Crippen LogP contribution >= 0.6 is 0 Å². The van der Waals surface area contributed by atoms with Gasteiger partial charge in [-0.2, -0.15) is 0 Å². The highest BCUT2D eigenvalue weighted by Crippen LogP contribution is 2.16. The number of rotatable bonds is 5. The van der Waals surface area contributed by atoms with Gasteiger partial charge < -0.3 is 5.73 Å². The lowest BCUT2D eigenvalue weighted by Gasteiger charge is -2.09. The van der Waals surface area contributed by atoms with Crippen LogP contribution in [0.15, 0.2) is 43.5 Å². The molecular weight excluding hydrogens is 186 g/mol. The number of carbonyl (C=O) groups excluding carboxylic acids is 1. The van der Waals surface area contributed by atoms with Crippen molar-refractivity contribution in [2.24, 2.45) is 5.73 Å². The molecule has 78 valence electrons. The molecule has 1 rings (SSSR count). The average molecular weight is 201 g/mol. The number of hydrogen-bond acceptors (Lipinski definition) is 1. The lowest BCUT2D eigenvalue weighted by molar-refractivity contribution is 0.0999. The van der Waals surface area contributed by atoms with E-state index >= 15 is 0 Å². The molecule has 1 amide bonds. The van der Waals surface area contributed by atoms with Gasteiger partial charge in [-0.25, -0.2) is 0 Å². The quantitative estimate of drug-likeness (QED) is 0.729. The van der Waals surface area contributed by atoms with Crippen molar-refractivity contribution in [2.45, 2.75) is 12.8 Å². The third-order valence-electron chi connectivity index (χ3n) is 2.25. The number of hydrogen-bond donors (Lipinski definition) is 1. The van der Waals surface area contributed by atoms with Crippen LogP contribution in [-0.4, -0.2) is 5.91 Å². The molecule has 0 aliphatic carbocycles. The third-order valence-corrected chi connectivity index (χ3v) is 2.25. The van der Waals surface area contributed by atoms with Crippen LogP contribution in [0.25, 0.3) is 0 Å². The molecule has 0 unspecified atom stereocenters. The van der Waals surface area contributed by atoms with Crippen LogP contribution in [0.1, 0.15) is 21.5 Å². The van der Waals surface area contributed by atoms with E-state index in [9.17, 15) is 4.79 Å². The Labute approximate surface area is 90.1 Å². The molecule has 0 spiro atoms. The van der Waals surface area contributed by atoms with E-state index in [2.05, 4.69) is 13.2 Å². The van der Waals surface area contributed by atoms with Gasteiger partial charge in [-0.05, 0) is 30.0 Å². The molecule has 0 saturated carbocycles. The normalized spacial score (nSPS) is 9.60. The molecule has 1 aromatic rings. The van der Waals surface area contributed by atoms with Gasteiger partial charge in [0, 0.05) is 5.56 Å². The highest BCUT2D eigenvalue weighted by molar-refractivity contribution is 5.94. The zero-order valence-corrected chi connectivity index (χ0v) is 8.70. The van der Waals surface area contributed by atoms with Crippen molar-refractivity contribution in [1.29, 1.82) is 0 Å². The first-order chi connectivity index (χ1) is 7.20. The Balaban J connectivity index is 3.26. The molecule has 0 saturated heterocycles. The summed E-state index contributed by atoms with van der Waals surface area (Å²) < 4.78 is 0. The van der Waals surface area contributed by atoms with E-state index in [0.717, 1.165) is 17.5 Å². The average Bonchev–Trinajstić information content (AvgIpc) is 2.21. The first-order valence-electron chi connectivity index (χ1n) is 4.83. The van der Waals surface area contributed by atoms with E-state index < -0.39 is 5.91 Å². The van der Waals surface area contributed by atoms with Crippen LogP contribution < -0.4 is 5.73 Å². The van der Waals surface area contributed by atoms with E-state index in [1.807, 2.05) is 18.2 Å². The van der Waals surface area contributed by atoms with Crippen molar-refractivity contribution in [3.05, 3.63) is 60.2 Å². The molecule has 2 N–H and O–H groups in total. The standard InChI is InChI=1S/C13H15NO/c1-3-6-10-8-5-9-12(13(14)15)11(10)7-4-2/h3-5,8-9H,1-2,6-7H2,(H2,14,15). The van der Waals surface area contributed by atoms with Gasteiger partial charge in [0.15, 0.2) is 0 Å². The van der Waals surface area contributed by atoms with Crippen LogP contribution in [0.2, 0.25) is 0 Å². The summed E-state index contributed by atoms with van der Waals surface area (Å²) in [6, 6.07) is 5.56. The molecule has 0 aliphatic heterocycles. The summed E-state index contributed by atoms with van der Waals surface area (Å²) >= 11 is 0. The summed E-state index contributed by atoms with van der Waals surface area (Å²) in [6.45, 7) is 7.37. The van der Waals surface area contributed by atoms with Crippen molar-refractivity contribution >= 4 is 5.91 Å². The number of amides is 1. The Hall–Kier alpha value is -1.83. The topological polar surface area (TPSA) is 43.1 Å². The van der Waals surface area contributed by atoms with Gasteiger partial charge in [0.1, 0.15) is 0 Å². The summed E-state index contributed by atoms with van der Waals surface area (Å²) in [7, 11) is 0. The van der Waals surface area contributed by atoms with Crippen LogP contribution in [0, 0.1) is 0 Å². The lowest BCUT2D eigenvalue weighted by Crippen LogP contribution is -2.14. The number of allylic oxidation sites excluding steroid dienone is 2. The monoisotopic (exact) mass is 201 g/mol. The van der Waals surface area contributed by atoms with Crippen LogP contribution in [0.3, 0.4) is 0 Å². The van der Waals surface area contributed by atoms with Gasteiger partial charge in [0.25, 0.3) is 0 Å². The number of nitrogens with two attached hydrogens (primary N) is 1. The Morgan fingerprint density at radius 3 is 2.47 bits per heavy atom. The largest absolute Gasteiger partial charge is 0.366 e. The maximum atomic E-state index is 11.2. The first kappa shape index (κ1) is 11.2. The minimum absolute atomic E-state index is 0.391. The molecule has 15 heavy (non-hydrogen) atoms. The van der Waals surface area contributed by atoms with Gasteiger partial charge >= 0.3 is 0 Å². The second kappa shape index (κ2) is 5.15. The number of carbonyl (C=O) groups is 1. The van der Waals surface area contributed by atoms with Crippen LogP contribution in [0.4, 0.5) is 0 Å². The Kier molecular flexibility index (Phi) is 3.86. The lowest BCUT2D eigenvalue weighted by atomic mass is 9.96. The highest BCUT2D eigenvalue weighted by atomic mass is 16.1. The Bertz CT molecular complexity index is 394. The SMILES string of the molecule is C=CCc1cccc(C(N)=O)c1CC=C. The van der Waals surface area contributed by atoms with Crippen molar-refractivity contribution in [1.82, 2.24) is 0 Å². The fourth-order valence-corrected chi connectivity index (χ4v) is 1.60. The van der Waals surface area contributed by atoms with Crippen LogP contribution in [0.5, 0.6) is 0 Å². The summed E-state index contributed by atoms with van der Waals surface area (Å²) in [5, 5.41) is 0. The molecule has 0 aromatic heterocycles. The molecule has 0 bridgehead atoms. The second-order valence-electron chi connectivity index (χ2n) is 3.29. The van der Waals surface area contributed by atoms with E-state index in [4.69, 9.17) is 5.73 Å². The van der Waals surface area contributed by atoms with E-state index in [-0.39, 0.29) is 0 Å². The number of benzene rings is 1. The molecule has 0 aliphatic rings. The van der Waals surface area contributed by atoms with Crippen molar-refractivity contribution < 1.29 is 4.79 Å². The second-order valence-corrected chi connectivity index (χ2v) is 3.29. The number of primary amides is 1. The maximum absolute atomic E-state index is 11.2. The summed E-state index contributed by atoms with van der Waals surface area (Å²) in [6.07, 6.45) is 4.98. The minimum atomic E-state index is -0.391. The van der Waals surface area contributed by atoms with Gasteiger partial charge in [-0.15, -0.1) is 13.2 Å². The molecule has 0 heterocycles. The smallest absolute Gasteiger partial charge is 0.248 e. The van der Waals surface area contributed by atoms with Crippen LogP contribution in [-0.2, 0) is 12.8 Å². The molecule has 1 aromatic carbocycles. The summed E-state index contributed by atoms with van der Waals surface area (Å²) in [5.74, 6) is -0.391. The fraction of sp³-hybridized carbons (Fsp3) is 0.154. The zero-order chi connectivity index (χ0) is 11.3. The highest BCUT2D eigenvalue weighted by Gasteiger charge is 2.09. The molecule has 0 atom stereocenters. The predicted octanol–water partition coefficient (Wildman–Crippen LogP) is 2.24.